The fourth-order valence-electron chi connectivity index (χ4n) is 2.63. The van der Waals surface area contributed by atoms with Crippen LogP contribution >= 0.6 is 0 Å². The van der Waals surface area contributed by atoms with Crippen LogP contribution in [0.2, 0.25) is 0 Å². The van der Waals surface area contributed by atoms with Crippen LogP contribution in [0.5, 0.6) is 5.75 Å². The predicted molar refractivity (Wildman–Crippen MR) is 101 cm³/mol. The zero-order chi connectivity index (χ0) is 18.5. The summed E-state index contributed by atoms with van der Waals surface area (Å²) in [6.45, 7) is 3.99. The van der Waals surface area contributed by atoms with Gasteiger partial charge in [-0.1, -0.05) is 59.7 Å². The van der Waals surface area contributed by atoms with Crippen molar-refractivity contribution in [1.29, 1.82) is 5.26 Å². The molecule has 0 aliphatic carbocycles. The minimum Gasteiger partial charge on any atom is -0.478 e. The first-order valence-electron chi connectivity index (χ1n) is 8.41. The van der Waals surface area contributed by atoms with Crippen molar-refractivity contribution in [2.24, 2.45) is 0 Å². The Morgan fingerprint density at radius 2 is 1.38 bits per heavy atom. The van der Waals surface area contributed by atoms with Gasteiger partial charge in [0, 0.05) is 11.1 Å². The number of rotatable bonds is 5. The second-order valence-electron chi connectivity index (χ2n) is 6.28. The van der Waals surface area contributed by atoms with Gasteiger partial charge >= 0.3 is 0 Å². The number of hydrogen-bond acceptors (Lipinski definition) is 3. The number of ketones is 1. The van der Waals surface area contributed by atoms with Crippen LogP contribution < -0.4 is 4.74 Å². The molecule has 3 aromatic carbocycles. The lowest BCUT2D eigenvalue weighted by atomic mass is 9.98. The second kappa shape index (κ2) is 7.67. The molecule has 0 aliphatic rings. The first-order chi connectivity index (χ1) is 12.6. The molecule has 0 heterocycles. The van der Waals surface area contributed by atoms with Gasteiger partial charge in [-0.25, -0.2) is 0 Å². The largest absolute Gasteiger partial charge is 0.478 e. The number of hydrogen-bond donors (Lipinski definition) is 0. The summed E-state index contributed by atoms with van der Waals surface area (Å²) in [7, 11) is 0. The Hall–Kier alpha value is -3.38. The van der Waals surface area contributed by atoms with Crippen molar-refractivity contribution in [1.82, 2.24) is 0 Å². The van der Waals surface area contributed by atoms with E-state index < -0.39 is 6.10 Å². The summed E-state index contributed by atoms with van der Waals surface area (Å²) in [6.07, 6.45) is -0.744. The third-order valence-corrected chi connectivity index (χ3v) is 4.19. The highest BCUT2D eigenvalue weighted by Crippen LogP contribution is 2.26. The summed E-state index contributed by atoms with van der Waals surface area (Å²) >= 11 is 0. The van der Waals surface area contributed by atoms with E-state index in [-0.39, 0.29) is 5.78 Å². The molecule has 0 aliphatic heterocycles. The van der Waals surface area contributed by atoms with Gasteiger partial charge in [-0.3, -0.25) is 4.79 Å². The van der Waals surface area contributed by atoms with E-state index in [1.165, 1.54) is 0 Å². The number of carbonyl (C=O) groups is 1. The highest BCUT2D eigenvalue weighted by Gasteiger charge is 2.24. The van der Waals surface area contributed by atoms with Crippen LogP contribution in [0.3, 0.4) is 0 Å². The summed E-state index contributed by atoms with van der Waals surface area (Å²) in [6, 6.07) is 24.1. The van der Waals surface area contributed by atoms with E-state index in [0.717, 1.165) is 16.7 Å². The summed E-state index contributed by atoms with van der Waals surface area (Å²) in [5.41, 5.74) is 4.17. The van der Waals surface area contributed by atoms with Gasteiger partial charge in [-0.15, -0.1) is 0 Å². The molecule has 1 unspecified atom stereocenters. The molecule has 3 nitrogen and oxygen atoms in total. The lowest BCUT2D eigenvalue weighted by Gasteiger charge is -2.19. The first-order valence-corrected chi connectivity index (χ1v) is 8.41. The first kappa shape index (κ1) is 17.4. The van der Waals surface area contributed by atoms with Crippen LogP contribution in [0.15, 0.2) is 72.8 Å². The molecule has 3 heteroatoms. The van der Waals surface area contributed by atoms with E-state index in [4.69, 9.17) is 10.00 Å². The number of ether oxygens (including phenoxy) is 1. The maximum Gasteiger partial charge on any atom is 0.207 e. The Morgan fingerprint density at radius 1 is 0.846 bits per heavy atom. The molecule has 0 bridgehead atoms. The van der Waals surface area contributed by atoms with Crippen LogP contribution in [-0.4, -0.2) is 5.78 Å². The predicted octanol–water partition coefficient (Wildman–Crippen LogP) is 5.18. The molecule has 0 aromatic heterocycles. The molecule has 3 rings (SSSR count). The minimum atomic E-state index is -0.744. The molecule has 0 radical (unpaired) electrons. The number of benzene rings is 3. The zero-order valence-electron chi connectivity index (χ0n) is 14.8. The minimum absolute atomic E-state index is 0.0989. The Bertz CT molecular complexity index is 933. The highest BCUT2D eigenvalue weighted by molar-refractivity contribution is 6.00. The Balaban J connectivity index is 1.95. The number of nitriles is 1. The van der Waals surface area contributed by atoms with Crippen molar-refractivity contribution in [3.05, 3.63) is 101 Å². The van der Waals surface area contributed by atoms with Crippen molar-refractivity contribution >= 4 is 5.78 Å². The molecule has 0 N–H and O–H groups in total. The van der Waals surface area contributed by atoms with Gasteiger partial charge in [0.15, 0.2) is 6.10 Å². The van der Waals surface area contributed by atoms with E-state index in [2.05, 4.69) is 6.07 Å². The highest BCUT2D eigenvalue weighted by atomic mass is 16.5. The van der Waals surface area contributed by atoms with Gasteiger partial charge in [0.1, 0.15) is 5.75 Å². The van der Waals surface area contributed by atoms with Crippen molar-refractivity contribution < 1.29 is 9.53 Å². The maximum absolute atomic E-state index is 13.1. The zero-order valence-corrected chi connectivity index (χ0v) is 14.8. The third-order valence-electron chi connectivity index (χ3n) is 4.19. The Morgan fingerprint density at radius 3 is 1.92 bits per heavy atom. The SMILES string of the molecule is Cc1ccc(C(=O)C(Oc2ccc(C#N)cc2)c2ccc(C)cc2)cc1. The Labute approximate surface area is 153 Å². The molecule has 0 saturated carbocycles. The van der Waals surface area contributed by atoms with Crippen molar-refractivity contribution in [2.75, 3.05) is 0 Å². The Kier molecular flexibility index (Phi) is 5.15. The van der Waals surface area contributed by atoms with Crippen LogP contribution in [-0.2, 0) is 0 Å². The van der Waals surface area contributed by atoms with Gasteiger partial charge < -0.3 is 4.74 Å². The monoisotopic (exact) mass is 341 g/mol. The molecular weight excluding hydrogens is 322 g/mol. The molecule has 26 heavy (non-hydrogen) atoms. The standard InChI is InChI=1S/C23H19NO2/c1-16-3-9-19(10-4-16)22(25)23(20-11-5-17(2)6-12-20)26-21-13-7-18(15-24)8-14-21/h3-14,23H,1-2H3. The van der Waals surface area contributed by atoms with Crippen LogP contribution in [0.4, 0.5) is 0 Å². The van der Waals surface area contributed by atoms with Gasteiger partial charge in [0.2, 0.25) is 5.78 Å². The fraction of sp³-hybridized carbons (Fsp3) is 0.130. The molecule has 0 fully saturated rings. The molecule has 0 amide bonds. The smallest absolute Gasteiger partial charge is 0.207 e. The molecular formula is C23H19NO2. The van der Waals surface area contributed by atoms with Crippen molar-refractivity contribution in [3.63, 3.8) is 0 Å². The molecule has 3 aromatic rings. The summed E-state index contributed by atoms with van der Waals surface area (Å²) < 4.78 is 6.03. The van der Waals surface area contributed by atoms with Gasteiger partial charge in [0.05, 0.1) is 11.6 Å². The normalized spacial score (nSPS) is 11.4. The molecule has 0 spiro atoms. The second-order valence-corrected chi connectivity index (χ2v) is 6.28. The van der Waals surface area contributed by atoms with E-state index in [0.29, 0.717) is 16.9 Å². The topological polar surface area (TPSA) is 50.1 Å². The number of carbonyl (C=O) groups excluding carboxylic acids is 1. The number of aryl methyl sites for hydroxylation is 2. The van der Waals surface area contributed by atoms with Crippen molar-refractivity contribution in [2.45, 2.75) is 20.0 Å². The van der Waals surface area contributed by atoms with Crippen LogP contribution in [0.25, 0.3) is 0 Å². The molecule has 1 atom stereocenters. The molecule has 0 saturated heterocycles. The van der Waals surface area contributed by atoms with E-state index in [9.17, 15) is 4.79 Å². The summed E-state index contributed by atoms with van der Waals surface area (Å²) in [4.78, 5) is 13.1. The number of Topliss-reactive ketones (excluding diaryl/α,β-unsaturated/α-hetero) is 1. The number of nitrogens with zero attached hydrogens (tertiary/aromatic N) is 1. The van der Waals surface area contributed by atoms with Crippen LogP contribution in [0.1, 0.15) is 38.7 Å². The quantitative estimate of drug-likeness (QED) is 0.601. The lowest BCUT2D eigenvalue weighted by Crippen LogP contribution is -2.19. The molecule has 128 valence electrons. The van der Waals surface area contributed by atoms with E-state index in [1.54, 1.807) is 24.3 Å². The maximum atomic E-state index is 13.1. The lowest BCUT2D eigenvalue weighted by molar-refractivity contribution is 0.0792. The third kappa shape index (κ3) is 3.99. The average molecular weight is 341 g/mol. The summed E-state index contributed by atoms with van der Waals surface area (Å²) in [5, 5.41) is 8.93. The van der Waals surface area contributed by atoms with Gasteiger partial charge in [-0.05, 0) is 38.1 Å². The summed E-state index contributed by atoms with van der Waals surface area (Å²) in [5.74, 6) is 0.452. The van der Waals surface area contributed by atoms with E-state index in [1.807, 2.05) is 62.4 Å². The van der Waals surface area contributed by atoms with Crippen molar-refractivity contribution in [3.8, 4) is 11.8 Å². The van der Waals surface area contributed by atoms with Gasteiger partial charge in [0.25, 0.3) is 0 Å². The average Bonchev–Trinajstić information content (AvgIpc) is 2.67. The van der Waals surface area contributed by atoms with Crippen LogP contribution in [0, 0.1) is 25.2 Å². The van der Waals surface area contributed by atoms with Gasteiger partial charge in [-0.2, -0.15) is 5.26 Å². The fourth-order valence-corrected chi connectivity index (χ4v) is 2.63. The van der Waals surface area contributed by atoms with E-state index >= 15 is 0 Å².